The first kappa shape index (κ1) is 21.5. The van der Waals surface area contributed by atoms with E-state index in [1.165, 1.54) is 0 Å². The van der Waals surface area contributed by atoms with Crippen molar-refractivity contribution in [3.63, 3.8) is 0 Å². The number of pyridine rings is 1. The molecule has 0 spiro atoms. The largest absolute Gasteiger partial charge is 0.494 e. The van der Waals surface area contributed by atoms with Crippen LogP contribution in [-0.2, 0) is 5.41 Å². The van der Waals surface area contributed by atoms with E-state index in [2.05, 4.69) is 42.4 Å². The van der Waals surface area contributed by atoms with Crippen LogP contribution in [0.1, 0.15) is 51.7 Å². The molecule has 8 nitrogen and oxygen atoms in total. The summed E-state index contributed by atoms with van der Waals surface area (Å²) < 4.78 is 11.6. The lowest BCUT2D eigenvalue weighted by Gasteiger charge is -2.42. The molecule has 1 fully saturated rings. The Morgan fingerprint density at radius 3 is 2.61 bits per heavy atom. The highest BCUT2D eigenvalue weighted by Gasteiger charge is 2.42. The zero-order valence-corrected chi connectivity index (χ0v) is 18.7. The van der Waals surface area contributed by atoms with Gasteiger partial charge in [0, 0.05) is 11.4 Å². The minimum Gasteiger partial charge on any atom is -0.494 e. The van der Waals surface area contributed by atoms with Gasteiger partial charge >= 0.3 is 6.01 Å². The third kappa shape index (κ3) is 4.22. The van der Waals surface area contributed by atoms with E-state index < -0.39 is 5.60 Å². The molecule has 0 aliphatic heterocycles. The van der Waals surface area contributed by atoms with Crippen LogP contribution in [0.3, 0.4) is 0 Å². The van der Waals surface area contributed by atoms with Crippen molar-refractivity contribution in [2.75, 3.05) is 18.5 Å². The Morgan fingerprint density at radius 2 is 1.97 bits per heavy atom. The average molecular weight is 427 g/mol. The van der Waals surface area contributed by atoms with E-state index in [9.17, 15) is 10.2 Å². The molecule has 166 valence electrons. The van der Waals surface area contributed by atoms with Gasteiger partial charge in [-0.3, -0.25) is 0 Å². The molecule has 2 aromatic heterocycles. The second-order valence-electron chi connectivity index (χ2n) is 9.42. The summed E-state index contributed by atoms with van der Waals surface area (Å²) in [6.45, 7) is 10.8. The van der Waals surface area contributed by atoms with Gasteiger partial charge in [0.1, 0.15) is 11.4 Å². The van der Waals surface area contributed by atoms with Crippen LogP contribution in [-0.4, -0.2) is 50.3 Å². The normalized spacial score (nSPS) is 21.2. The van der Waals surface area contributed by atoms with Crippen molar-refractivity contribution in [3.05, 3.63) is 29.3 Å². The fourth-order valence-electron chi connectivity index (χ4n) is 4.04. The van der Waals surface area contributed by atoms with E-state index >= 15 is 0 Å². The Labute approximate surface area is 181 Å². The van der Waals surface area contributed by atoms with Crippen molar-refractivity contribution in [1.82, 2.24) is 15.2 Å². The molecule has 0 unspecified atom stereocenters. The Morgan fingerprint density at radius 1 is 1.23 bits per heavy atom. The molecule has 31 heavy (non-hydrogen) atoms. The van der Waals surface area contributed by atoms with Crippen molar-refractivity contribution in [1.29, 1.82) is 0 Å². The van der Waals surface area contributed by atoms with Crippen molar-refractivity contribution in [3.8, 4) is 17.3 Å². The fraction of sp³-hybridized carbons (Fsp3) is 0.522. The van der Waals surface area contributed by atoms with E-state index in [-0.39, 0.29) is 24.1 Å². The van der Waals surface area contributed by atoms with Gasteiger partial charge in [-0.2, -0.15) is 0 Å². The summed E-state index contributed by atoms with van der Waals surface area (Å²) in [6, 6.07) is 6.29. The summed E-state index contributed by atoms with van der Waals surface area (Å²) in [6.07, 6.45) is 0.872. The molecule has 0 amide bonds. The Kier molecular flexibility index (Phi) is 5.39. The van der Waals surface area contributed by atoms with Crippen LogP contribution in [0.5, 0.6) is 5.75 Å². The molecule has 1 aliphatic carbocycles. The number of anilines is 1. The van der Waals surface area contributed by atoms with Crippen LogP contribution in [0, 0.1) is 6.92 Å². The number of hydrogen-bond acceptors (Lipinski definition) is 8. The van der Waals surface area contributed by atoms with Crippen molar-refractivity contribution in [2.45, 2.75) is 64.5 Å². The molecule has 0 atom stereocenters. The Hall–Kier alpha value is -2.71. The number of benzene rings is 1. The summed E-state index contributed by atoms with van der Waals surface area (Å²) in [5, 5.41) is 31.5. The Balaban J connectivity index is 1.68. The van der Waals surface area contributed by atoms with E-state index in [0.717, 1.165) is 27.8 Å². The van der Waals surface area contributed by atoms with Gasteiger partial charge in [0.05, 0.1) is 24.3 Å². The number of hydrogen-bond donors (Lipinski definition) is 3. The summed E-state index contributed by atoms with van der Waals surface area (Å²) in [5.41, 5.74) is 2.51. The maximum atomic E-state index is 9.95. The number of nitrogens with zero attached hydrogens (tertiary/aromatic N) is 3. The van der Waals surface area contributed by atoms with Crippen LogP contribution in [0.2, 0.25) is 0 Å². The monoisotopic (exact) mass is 426 g/mol. The molecule has 1 aliphatic rings. The molecule has 0 radical (unpaired) electrons. The summed E-state index contributed by atoms with van der Waals surface area (Å²) in [4.78, 5) is 4.88. The molecule has 8 heteroatoms. The second kappa shape index (κ2) is 7.76. The van der Waals surface area contributed by atoms with Gasteiger partial charge in [0.15, 0.2) is 0 Å². The van der Waals surface area contributed by atoms with Gasteiger partial charge in [-0.25, -0.2) is 4.98 Å². The topological polar surface area (TPSA) is 114 Å². The summed E-state index contributed by atoms with van der Waals surface area (Å²) in [5.74, 6) is 1.17. The van der Waals surface area contributed by atoms with Crippen LogP contribution in [0.25, 0.3) is 22.5 Å². The molecule has 1 aromatic carbocycles. The first-order chi connectivity index (χ1) is 14.6. The number of fused-ring (bicyclic) bond motifs is 1. The predicted molar refractivity (Wildman–Crippen MR) is 118 cm³/mol. The third-order valence-corrected chi connectivity index (χ3v) is 5.73. The van der Waals surface area contributed by atoms with Gasteiger partial charge in [-0.05, 0) is 61.4 Å². The SMILES string of the molecule is CCOc1cc(C(C)(C)C)c2nc(-c3nnc(N[C@H]4C[C@@](O)(CO)C4)o3)cc(C)c2c1. The standard InChI is InChI=1S/C23H30N4O4/c1-6-30-15-8-16-13(2)7-18(25-19(16)17(9-15)22(3,4)5)20-26-27-21(31-20)24-14-10-23(29,11-14)12-28/h7-9,14,28-29H,6,10-12H2,1-5H3,(H,24,27)/t14-,23-. The summed E-state index contributed by atoms with van der Waals surface area (Å²) >= 11 is 0. The number of aliphatic hydroxyl groups is 2. The van der Waals surface area contributed by atoms with Crippen molar-refractivity contribution < 1.29 is 19.4 Å². The number of aromatic nitrogens is 3. The highest BCUT2D eigenvalue weighted by molar-refractivity contribution is 5.89. The van der Waals surface area contributed by atoms with Crippen LogP contribution < -0.4 is 10.1 Å². The molecule has 1 saturated carbocycles. The lowest BCUT2D eigenvalue weighted by molar-refractivity contribution is -0.0806. The number of rotatable bonds is 6. The predicted octanol–water partition coefficient (Wildman–Crippen LogP) is 3.59. The van der Waals surface area contributed by atoms with E-state index in [4.69, 9.17) is 14.1 Å². The van der Waals surface area contributed by atoms with Crippen molar-refractivity contribution >= 4 is 16.9 Å². The van der Waals surface area contributed by atoms with Gasteiger partial charge in [0.2, 0.25) is 0 Å². The number of aryl methyl sites for hydroxylation is 1. The zero-order valence-electron chi connectivity index (χ0n) is 18.7. The maximum absolute atomic E-state index is 9.95. The first-order valence-electron chi connectivity index (χ1n) is 10.6. The van der Waals surface area contributed by atoms with Crippen LogP contribution >= 0.6 is 0 Å². The molecule has 2 heterocycles. The highest BCUT2D eigenvalue weighted by atomic mass is 16.5. The minimum absolute atomic E-state index is 0.0128. The quantitative estimate of drug-likeness (QED) is 0.548. The van der Waals surface area contributed by atoms with E-state index in [1.54, 1.807) is 0 Å². The van der Waals surface area contributed by atoms with Gasteiger partial charge in [-0.1, -0.05) is 25.9 Å². The first-order valence-corrected chi connectivity index (χ1v) is 10.6. The number of ether oxygens (including phenoxy) is 1. The minimum atomic E-state index is -1.01. The molecular weight excluding hydrogens is 396 g/mol. The van der Waals surface area contributed by atoms with Gasteiger partial charge < -0.3 is 24.7 Å². The third-order valence-electron chi connectivity index (χ3n) is 5.73. The average Bonchev–Trinajstić information content (AvgIpc) is 3.14. The van der Waals surface area contributed by atoms with E-state index in [1.807, 2.05) is 26.0 Å². The maximum Gasteiger partial charge on any atom is 0.316 e. The molecule has 3 N–H and O–H groups in total. The lowest BCUT2D eigenvalue weighted by atomic mass is 9.76. The van der Waals surface area contributed by atoms with Crippen molar-refractivity contribution in [2.24, 2.45) is 0 Å². The molecule has 0 bridgehead atoms. The van der Waals surface area contributed by atoms with Gasteiger partial charge in [0.25, 0.3) is 5.89 Å². The number of nitrogens with one attached hydrogen (secondary N) is 1. The lowest BCUT2D eigenvalue weighted by Crippen LogP contribution is -2.53. The highest BCUT2D eigenvalue weighted by Crippen LogP contribution is 2.37. The molecule has 0 saturated heterocycles. The number of aliphatic hydroxyl groups excluding tert-OH is 1. The van der Waals surface area contributed by atoms with E-state index in [0.29, 0.717) is 31.0 Å². The van der Waals surface area contributed by atoms with Crippen LogP contribution in [0.4, 0.5) is 6.01 Å². The molecular formula is C23H30N4O4. The van der Waals surface area contributed by atoms with Crippen LogP contribution in [0.15, 0.2) is 22.6 Å². The molecule has 3 aromatic rings. The summed E-state index contributed by atoms with van der Waals surface area (Å²) in [7, 11) is 0. The fourth-order valence-corrected chi connectivity index (χ4v) is 4.04. The Bertz CT molecular complexity index is 1100. The van der Waals surface area contributed by atoms with Gasteiger partial charge in [-0.15, -0.1) is 5.10 Å². The zero-order chi connectivity index (χ0) is 22.4. The smallest absolute Gasteiger partial charge is 0.316 e. The molecule has 4 rings (SSSR count). The second-order valence-corrected chi connectivity index (χ2v) is 9.42.